The zero-order valence-corrected chi connectivity index (χ0v) is 15.4. The maximum absolute atomic E-state index is 12.4. The van der Waals surface area contributed by atoms with Crippen molar-refractivity contribution in [1.82, 2.24) is 0 Å². The van der Waals surface area contributed by atoms with Gasteiger partial charge < -0.3 is 4.74 Å². The van der Waals surface area contributed by atoms with Crippen molar-refractivity contribution in [2.24, 2.45) is 0 Å². The number of benzene rings is 3. The molecule has 0 aliphatic rings. The van der Waals surface area contributed by atoms with Crippen LogP contribution in [0.25, 0.3) is 6.08 Å². The molecular formula is C22H16Cl2O2. The Labute approximate surface area is 162 Å². The van der Waals surface area contributed by atoms with Crippen LogP contribution in [0.2, 0.25) is 10.0 Å². The Morgan fingerprint density at radius 1 is 0.923 bits per heavy atom. The lowest BCUT2D eigenvalue weighted by Gasteiger charge is -2.09. The van der Waals surface area contributed by atoms with Gasteiger partial charge in [0.25, 0.3) is 0 Å². The number of ether oxygens (including phenoxy) is 1. The van der Waals surface area contributed by atoms with E-state index in [1.54, 1.807) is 24.3 Å². The molecule has 0 aromatic heterocycles. The first-order valence-corrected chi connectivity index (χ1v) is 8.82. The summed E-state index contributed by atoms with van der Waals surface area (Å²) >= 11 is 12.0. The van der Waals surface area contributed by atoms with E-state index < -0.39 is 0 Å². The summed E-state index contributed by atoms with van der Waals surface area (Å²) in [6.45, 7) is 0.461. The Hall–Kier alpha value is -2.55. The summed E-state index contributed by atoms with van der Waals surface area (Å²) in [5.41, 5.74) is 2.31. The van der Waals surface area contributed by atoms with Gasteiger partial charge in [0.05, 0.1) is 5.02 Å². The van der Waals surface area contributed by atoms with Gasteiger partial charge in [0.15, 0.2) is 5.78 Å². The van der Waals surface area contributed by atoms with Gasteiger partial charge in [-0.25, -0.2) is 0 Å². The highest BCUT2D eigenvalue weighted by Gasteiger charge is 2.08. The lowest BCUT2D eigenvalue weighted by atomic mass is 10.1. The highest BCUT2D eigenvalue weighted by Crippen LogP contribution is 2.24. The second-order valence-electron chi connectivity index (χ2n) is 5.63. The van der Waals surface area contributed by atoms with Gasteiger partial charge >= 0.3 is 0 Å². The molecule has 0 unspecified atom stereocenters. The van der Waals surface area contributed by atoms with E-state index in [1.807, 2.05) is 54.6 Å². The third-order valence-electron chi connectivity index (χ3n) is 3.77. The first-order valence-electron chi connectivity index (χ1n) is 8.07. The Kier molecular flexibility index (Phi) is 6.11. The average Bonchev–Trinajstić information content (AvgIpc) is 2.66. The second kappa shape index (κ2) is 8.70. The molecule has 0 aliphatic heterocycles. The third-order valence-corrected chi connectivity index (χ3v) is 4.31. The molecule has 3 aromatic rings. The molecule has 0 bridgehead atoms. The van der Waals surface area contributed by atoms with Crippen LogP contribution in [-0.2, 0) is 6.61 Å². The summed E-state index contributed by atoms with van der Waals surface area (Å²) in [4.78, 5) is 12.4. The molecule has 2 nitrogen and oxygen atoms in total. The lowest BCUT2D eigenvalue weighted by molar-refractivity contribution is 0.104. The van der Waals surface area contributed by atoms with Crippen molar-refractivity contribution in [1.29, 1.82) is 0 Å². The number of allylic oxidation sites excluding steroid dienone is 1. The molecular weight excluding hydrogens is 367 g/mol. The maximum atomic E-state index is 12.4. The van der Waals surface area contributed by atoms with Crippen molar-refractivity contribution in [2.75, 3.05) is 0 Å². The maximum Gasteiger partial charge on any atom is 0.187 e. The highest BCUT2D eigenvalue weighted by molar-refractivity contribution is 6.37. The van der Waals surface area contributed by atoms with E-state index >= 15 is 0 Å². The molecule has 0 radical (unpaired) electrons. The number of hydrogen-bond donors (Lipinski definition) is 0. The monoisotopic (exact) mass is 382 g/mol. The number of halogens is 2. The van der Waals surface area contributed by atoms with E-state index in [-0.39, 0.29) is 5.78 Å². The Balaban J connectivity index is 1.75. The normalized spacial score (nSPS) is 10.8. The van der Waals surface area contributed by atoms with Crippen molar-refractivity contribution in [3.8, 4) is 5.75 Å². The molecule has 0 saturated carbocycles. The topological polar surface area (TPSA) is 26.3 Å². The molecule has 0 fully saturated rings. The van der Waals surface area contributed by atoms with Gasteiger partial charge in [-0.15, -0.1) is 0 Å². The molecule has 0 amide bonds. The summed E-state index contributed by atoms with van der Waals surface area (Å²) in [6, 6.07) is 22.3. The van der Waals surface area contributed by atoms with Crippen molar-refractivity contribution < 1.29 is 9.53 Å². The van der Waals surface area contributed by atoms with Crippen LogP contribution >= 0.6 is 23.2 Å². The van der Waals surface area contributed by atoms with E-state index in [0.29, 0.717) is 28.0 Å². The van der Waals surface area contributed by atoms with Crippen LogP contribution in [-0.4, -0.2) is 5.78 Å². The molecule has 0 heterocycles. The number of carbonyl (C=O) groups is 1. The third kappa shape index (κ3) is 4.75. The molecule has 3 rings (SSSR count). The first-order chi connectivity index (χ1) is 12.6. The quantitative estimate of drug-likeness (QED) is 0.360. The molecule has 0 saturated heterocycles. The van der Waals surface area contributed by atoms with Crippen LogP contribution in [0.5, 0.6) is 5.75 Å². The standard InChI is InChI=1S/C22H16Cl2O2/c23-18-11-12-19(20(24)14-18)21(25)13-10-17-8-4-5-9-22(17)26-15-16-6-2-1-3-7-16/h1-14H,15H2. The molecule has 0 atom stereocenters. The van der Waals surface area contributed by atoms with Crippen molar-refractivity contribution >= 4 is 35.1 Å². The van der Waals surface area contributed by atoms with Crippen LogP contribution in [0.3, 0.4) is 0 Å². The Morgan fingerprint density at radius 2 is 1.65 bits per heavy atom. The lowest BCUT2D eigenvalue weighted by Crippen LogP contribution is -1.97. The number of ketones is 1. The Morgan fingerprint density at radius 3 is 2.42 bits per heavy atom. The van der Waals surface area contributed by atoms with Crippen LogP contribution in [0.1, 0.15) is 21.5 Å². The van der Waals surface area contributed by atoms with Crippen LogP contribution in [0, 0.1) is 0 Å². The minimum Gasteiger partial charge on any atom is -0.488 e. The number of para-hydroxylation sites is 1. The van der Waals surface area contributed by atoms with Crippen molar-refractivity contribution in [3.05, 3.63) is 106 Å². The van der Waals surface area contributed by atoms with E-state index in [9.17, 15) is 4.79 Å². The van der Waals surface area contributed by atoms with Gasteiger partial charge in [0.2, 0.25) is 0 Å². The summed E-state index contributed by atoms with van der Waals surface area (Å²) < 4.78 is 5.89. The smallest absolute Gasteiger partial charge is 0.187 e. The molecule has 130 valence electrons. The molecule has 0 spiro atoms. The number of rotatable bonds is 6. The van der Waals surface area contributed by atoms with Gasteiger partial charge in [-0.3, -0.25) is 4.79 Å². The van der Waals surface area contributed by atoms with Gasteiger partial charge in [0, 0.05) is 16.1 Å². The minimum absolute atomic E-state index is 0.190. The Bertz CT molecular complexity index is 934. The zero-order chi connectivity index (χ0) is 18.4. The number of carbonyl (C=O) groups excluding carboxylic acids is 1. The predicted molar refractivity (Wildman–Crippen MR) is 107 cm³/mol. The van der Waals surface area contributed by atoms with Crippen LogP contribution in [0.4, 0.5) is 0 Å². The van der Waals surface area contributed by atoms with Crippen LogP contribution < -0.4 is 4.74 Å². The minimum atomic E-state index is -0.190. The SMILES string of the molecule is O=C(C=Cc1ccccc1OCc1ccccc1)c1ccc(Cl)cc1Cl. The van der Waals surface area contributed by atoms with E-state index in [0.717, 1.165) is 11.1 Å². The molecule has 3 aromatic carbocycles. The molecule has 0 N–H and O–H groups in total. The van der Waals surface area contributed by atoms with Gasteiger partial charge in [0.1, 0.15) is 12.4 Å². The fourth-order valence-corrected chi connectivity index (χ4v) is 2.93. The fraction of sp³-hybridized carbons (Fsp3) is 0.0455. The molecule has 26 heavy (non-hydrogen) atoms. The fourth-order valence-electron chi connectivity index (χ4n) is 2.43. The average molecular weight is 383 g/mol. The summed E-state index contributed by atoms with van der Waals surface area (Å²) in [6.07, 6.45) is 3.22. The highest BCUT2D eigenvalue weighted by atomic mass is 35.5. The second-order valence-corrected chi connectivity index (χ2v) is 6.48. The molecule has 4 heteroatoms. The summed E-state index contributed by atoms with van der Waals surface area (Å²) in [5, 5.41) is 0.830. The largest absolute Gasteiger partial charge is 0.488 e. The van der Waals surface area contributed by atoms with Gasteiger partial charge in [-0.05, 0) is 42.0 Å². The zero-order valence-electron chi connectivity index (χ0n) is 13.9. The number of hydrogen-bond acceptors (Lipinski definition) is 2. The van der Waals surface area contributed by atoms with E-state index in [4.69, 9.17) is 27.9 Å². The van der Waals surface area contributed by atoms with E-state index in [1.165, 1.54) is 6.08 Å². The first kappa shape index (κ1) is 18.2. The van der Waals surface area contributed by atoms with Gasteiger partial charge in [-0.1, -0.05) is 71.7 Å². The van der Waals surface area contributed by atoms with Crippen molar-refractivity contribution in [3.63, 3.8) is 0 Å². The molecule has 0 aliphatic carbocycles. The van der Waals surface area contributed by atoms with Crippen molar-refractivity contribution in [2.45, 2.75) is 6.61 Å². The van der Waals surface area contributed by atoms with E-state index in [2.05, 4.69) is 0 Å². The van der Waals surface area contributed by atoms with Crippen LogP contribution in [0.15, 0.2) is 78.9 Å². The predicted octanol–water partition coefficient (Wildman–Crippen LogP) is 6.47. The van der Waals surface area contributed by atoms with Gasteiger partial charge in [-0.2, -0.15) is 0 Å². The summed E-state index contributed by atoms with van der Waals surface area (Å²) in [5.74, 6) is 0.520. The summed E-state index contributed by atoms with van der Waals surface area (Å²) in [7, 11) is 0.